The number of hydrogen-bond acceptors (Lipinski definition) is 5. The number of aliphatic imine (C=N–C) groups is 1. The molecule has 0 aliphatic rings. The van der Waals surface area contributed by atoms with Crippen LogP contribution in [-0.4, -0.2) is 50.5 Å². The highest BCUT2D eigenvalue weighted by Crippen LogP contribution is 2.31. The first kappa shape index (κ1) is 18.6. The number of aromatic nitrogens is 3. The van der Waals surface area contributed by atoms with Gasteiger partial charge in [0.05, 0.1) is 42.9 Å². The average molecular weight is 421 g/mol. The third-order valence-electron chi connectivity index (χ3n) is 4.00. The lowest BCUT2D eigenvalue weighted by Gasteiger charge is -2.08. The topological polar surface area (TPSA) is 95.7 Å². The van der Waals surface area contributed by atoms with Crippen LogP contribution in [0.25, 0.3) is 10.9 Å². The first-order valence-electron chi connectivity index (χ1n) is 8.29. The predicted octanol–water partition coefficient (Wildman–Crippen LogP) is 3.37. The van der Waals surface area contributed by atoms with E-state index in [-0.39, 0.29) is 12.5 Å². The second-order valence-corrected chi connectivity index (χ2v) is 6.90. The number of fused-ring (bicyclic) bond motifs is 1. The number of aliphatic hydroxyl groups excluding tert-OH is 1. The largest absolute Gasteiger partial charge is 0.494 e. The second kappa shape index (κ2) is 8.03. The van der Waals surface area contributed by atoms with Gasteiger partial charge in [0.2, 0.25) is 0 Å². The number of aromatic hydroxyl groups is 1. The molecule has 1 unspecified atom stereocenters. The van der Waals surface area contributed by atoms with Crippen LogP contribution in [0.4, 0.5) is 5.69 Å². The minimum Gasteiger partial charge on any atom is -0.494 e. The maximum Gasteiger partial charge on any atom is 0.198 e. The number of rotatable bonds is 7. The van der Waals surface area contributed by atoms with Crippen LogP contribution in [0.5, 0.6) is 5.88 Å². The Morgan fingerprint density at radius 2 is 2.27 bits per heavy atom. The van der Waals surface area contributed by atoms with Crippen molar-refractivity contribution in [2.75, 3.05) is 13.7 Å². The van der Waals surface area contributed by atoms with Crippen LogP contribution in [-0.2, 0) is 11.3 Å². The molecule has 3 rings (SSSR count). The number of ether oxygens (including phenoxy) is 1. The predicted molar refractivity (Wildman–Crippen MR) is 104 cm³/mol. The molecule has 0 bridgehead atoms. The summed E-state index contributed by atoms with van der Waals surface area (Å²) in [6, 6.07) is 5.78. The lowest BCUT2D eigenvalue weighted by molar-refractivity contribution is 0.0514. The summed E-state index contributed by atoms with van der Waals surface area (Å²) < 4.78 is 7.48. The number of nitrogens with one attached hydrogen (secondary N) is 1. The summed E-state index contributed by atoms with van der Waals surface area (Å²) in [6.45, 7) is 2.56. The summed E-state index contributed by atoms with van der Waals surface area (Å²) in [5, 5.41) is 25.3. The van der Waals surface area contributed by atoms with E-state index in [4.69, 9.17) is 4.74 Å². The molecule has 0 saturated carbocycles. The fourth-order valence-corrected chi connectivity index (χ4v) is 3.24. The van der Waals surface area contributed by atoms with Crippen molar-refractivity contribution in [3.8, 4) is 5.88 Å². The smallest absolute Gasteiger partial charge is 0.198 e. The monoisotopic (exact) mass is 420 g/mol. The SMILES string of the molecule is CCC(=Nc1cnn(CC(O)COC)c1)c1c(O)[nH]c2ccc(Br)cc12. The molecule has 3 N–H and O–H groups in total. The van der Waals surface area contributed by atoms with Crippen LogP contribution in [0.2, 0.25) is 0 Å². The number of hydrogen-bond donors (Lipinski definition) is 3. The van der Waals surface area contributed by atoms with Crippen molar-refractivity contribution in [3.05, 3.63) is 40.6 Å². The van der Waals surface area contributed by atoms with Crippen molar-refractivity contribution >= 4 is 38.2 Å². The molecule has 0 saturated heterocycles. The lowest BCUT2D eigenvalue weighted by Crippen LogP contribution is -2.21. The maximum absolute atomic E-state index is 10.4. The van der Waals surface area contributed by atoms with Gasteiger partial charge in [-0.25, -0.2) is 4.99 Å². The maximum atomic E-state index is 10.4. The standard InChI is InChI=1S/C18H21BrN4O3/c1-3-15(17-14-6-11(19)4-5-16(14)22-18(17)25)21-12-7-20-23(8-12)9-13(24)10-26-2/h4-8,13,22,24-25H,3,9-10H2,1-2H3. The third kappa shape index (κ3) is 3.98. The summed E-state index contributed by atoms with van der Waals surface area (Å²) in [6.07, 6.45) is 3.41. The van der Waals surface area contributed by atoms with Gasteiger partial charge in [0.25, 0.3) is 0 Å². The summed E-state index contributed by atoms with van der Waals surface area (Å²) in [4.78, 5) is 7.65. The summed E-state index contributed by atoms with van der Waals surface area (Å²) in [7, 11) is 1.54. The minimum absolute atomic E-state index is 0.0987. The Morgan fingerprint density at radius 3 is 3.00 bits per heavy atom. The molecule has 0 spiro atoms. The van der Waals surface area contributed by atoms with E-state index in [9.17, 15) is 10.2 Å². The van der Waals surface area contributed by atoms with Crippen molar-refractivity contribution in [2.24, 2.45) is 4.99 Å². The Hall–Kier alpha value is -2.16. The fourth-order valence-electron chi connectivity index (χ4n) is 2.88. The highest BCUT2D eigenvalue weighted by Gasteiger charge is 2.16. The molecule has 0 amide bonds. The van der Waals surface area contributed by atoms with Gasteiger partial charge in [-0.05, 0) is 24.6 Å². The highest BCUT2D eigenvalue weighted by atomic mass is 79.9. The Labute approximate surface area is 159 Å². The normalized spacial score (nSPS) is 13.5. The van der Waals surface area contributed by atoms with E-state index in [1.807, 2.05) is 25.1 Å². The van der Waals surface area contributed by atoms with E-state index >= 15 is 0 Å². The van der Waals surface area contributed by atoms with Crippen LogP contribution in [0.15, 0.2) is 40.1 Å². The number of methoxy groups -OCH3 is 1. The van der Waals surface area contributed by atoms with Crippen molar-refractivity contribution < 1.29 is 14.9 Å². The molecule has 0 aliphatic carbocycles. The molecule has 2 heterocycles. The Bertz CT molecular complexity index is 932. The summed E-state index contributed by atoms with van der Waals surface area (Å²) in [5.74, 6) is 0.0987. The van der Waals surface area contributed by atoms with Gasteiger partial charge >= 0.3 is 0 Å². The molecule has 0 fully saturated rings. The fraction of sp³-hybridized carbons (Fsp3) is 0.333. The van der Waals surface area contributed by atoms with E-state index in [1.165, 1.54) is 0 Å². The quantitative estimate of drug-likeness (QED) is 0.510. The van der Waals surface area contributed by atoms with Crippen molar-refractivity contribution in [1.82, 2.24) is 14.8 Å². The van der Waals surface area contributed by atoms with Crippen molar-refractivity contribution in [2.45, 2.75) is 26.0 Å². The van der Waals surface area contributed by atoms with E-state index in [0.29, 0.717) is 24.2 Å². The first-order valence-corrected chi connectivity index (χ1v) is 9.08. The van der Waals surface area contributed by atoms with Crippen LogP contribution in [0, 0.1) is 0 Å². The third-order valence-corrected chi connectivity index (χ3v) is 4.50. The van der Waals surface area contributed by atoms with Gasteiger partial charge < -0.3 is 19.9 Å². The highest BCUT2D eigenvalue weighted by molar-refractivity contribution is 9.10. The van der Waals surface area contributed by atoms with Gasteiger partial charge in [-0.1, -0.05) is 22.9 Å². The van der Waals surface area contributed by atoms with E-state index < -0.39 is 6.10 Å². The number of H-pyrrole nitrogens is 1. The number of nitrogens with zero attached hydrogens (tertiary/aromatic N) is 3. The van der Waals surface area contributed by atoms with Gasteiger partial charge in [0.1, 0.15) is 5.69 Å². The number of aliphatic hydroxyl groups is 1. The van der Waals surface area contributed by atoms with Gasteiger partial charge in [-0.15, -0.1) is 0 Å². The summed E-state index contributed by atoms with van der Waals surface area (Å²) >= 11 is 3.47. The van der Waals surface area contributed by atoms with Gasteiger partial charge in [-0.3, -0.25) is 4.68 Å². The Kier molecular flexibility index (Phi) is 5.75. The van der Waals surface area contributed by atoms with E-state index in [2.05, 4.69) is 31.0 Å². The van der Waals surface area contributed by atoms with E-state index in [0.717, 1.165) is 21.1 Å². The van der Waals surface area contributed by atoms with Crippen molar-refractivity contribution in [3.63, 3.8) is 0 Å². The van der Waals surface area contributed by atoms with Crippen LogP contribution < -0.4 is 0 Å². The zero-order valence-electron chi connectivity index (χ0n) is 14.6. The molecule has 3 aromatic rings. The van der Waals surface area contributed by atoms with Crippen LogP contribution in [0.1, 0.15) is 18.9 Å². The average Bonchev–Trinajstić information content (AvgIpc) is 3.16. The lowest BCUT2D eigenvalue weighted by atomic mass is 10.1. The number of halogens is 1. The van der Waals surface area contributed by atoms with Gasteiger partial charge in [0, 0.05) is 22.5 Å². The molecule has 0 aliphatic heterocycles. The Balaban J connectivity index is 1.93. The molecule has 7 nitrogen and oxygen atoms in total. The molecule has 1 atom stereocenters. The number of benzene rings is 1. The molecular weight excluding hydrogens is 400 g/mol. The van der Waals surface area contributed by atoms with Crippen LogP contribution >= 0.6 is 15.9 Å². The second-order valence-electron chi connectivity index (χ2n) is 5.98. The molecule has 138 valence electrons. The number of aromatic amines is 1. The van der Waals surface area contributed by atoms with E-state index in [1.54, 1.807) is 24.2 Å². The zero-order chi connectivity index (χ0) is 18.7. The van der Waals surface area contributed by atoms with Crippen LogP contribution in [0.3, 0.4) is 0 Å². The molecule has 8 heteroatoms. The zero-order valence-corrected chi connectivity index (χ0v) is 16.2. The summed E-state index contributed by atoms with van der Waals surface area (Å²) in [5.41, 5.74) is 2.95. The molecule has 0 radical (unpaired) electrons. The molecule has 1 aromatic carbocycles. The van der Waals surface area contributed by atoms with Gasteiger partial charge in [-0.2, -0.15) is 5.10 Å². The Morgan fingerprint density at radius 1 is 1.46 bits per heavy atom. The van der Waals surface area contributed by atoms with Crippen molar-refractivity contribution in [1.29, 1.82) is 0 Å². The molecule has 2 aromatic heterocycles. The van der Waals surface area contributed by atoms with Gasteiger partial charge in [0.15, 0.2) is 5.88 Å². The minimum atomic E-state index is -0.627. The first-order chi connectivity index (χ1) is 12.5. The molecular formula is C18H21BrN4O3. The molecule has 26 heavy (non-hydrogen) atoms.